The molecule has 0 spiro atoms. The molecule has 0 saturated heterocycles. The van der Waals surface area contributed by atoms with E-state index in [-0.39, 0.29) is 0 Å². The molecule has 0 saturated carbocycles. The highest BCUT2D eigenvalue weighted by atomic mass is 16.5. The predicted molar refractivity (Wildman–Crippen MR) is 85.9 cm³/mol. The highest BCUT2D eigenvalue weighted by molar-refractivity contribution is 5.83. The summed E-state index contributed by atoms with van der Waals surface area (Å²) >= 11 is 0. The van der Waals surface area contributed by atoms with Gasteiger partial charge in [-0.2, -0.15) is 0 Å². The first-order valence-electron chi connectivity index (χ1n) is 7.18. The van der Waals surface area contributed by atoms with Crippen LogP contribution in [-0.2, 0) is 13.0 Å². The number of nitrogens with one attached hydrogen (secondary N) is 1. The molecule has 0 aliphatic heterocycles. The zero-order chi connectivity index (χ0) is 14.7. The number of aryl methyl sites for hydroxylation is 1. The largest absolute Gasteiger partial charge is 0.493 e. The Balaban J connectivity index is 1.78. The minimum absolute atomic E-state index is 0.658. The lowest BCUT2D eigenvalue weighted by molar-refractivity contribution is 0.408. The third-order valence-corrected chi connectivity index (χ3v) is 3.58. The Hall–Kier alpha value is -2.42. The number of furan rings is 1. The molecule has 0 amide bonds. The van der Waals surface area contributed by atoms with Gasteiger partial charge in [0.15, 0.2) is 11.3 Å². The molecule has 0 radical (unpaired) electrons. The summed E-state index contributed by atoms with van der Waals surface area (Å²) < 4.78 is 11.2. The maximum atomic E-state index is 5.88. The summed E-state index contributed by atoms with van der Waals surface area (Å²) in [5.41, 5.74) is 3.24. The number of benzene rings is 2. The van der Waals surface area contributed by atoms with Crippen molar-refractivity contribution in [1.82, 2.24) is 0 Å². The molecule has 1 N–H and O–H groups in total. The smallest absolute Gasteiger partial charge is 0.176 e. The maximum absolute atomic E-state index is 5.88. The van der Waals surface area contributed by atoms with E-state index < -0.39 is 0 Å². The normalized spacial score (nSPS) is 10.8. The molecule has 0 aliphatic rings. The Morgan fingerprint density at radius 1 is 1.10 bits per heavy atom. The third kappa shape index (κ3) is 2.87. The van der Waals surface area contributed by atoms with Gasteiger partial charge in [-0.05, 0) is 36.2 Å². The van der Waals surface area contributed by atoms with Crippen LogP contribution in [0.5, 0.6) is 5.75 Å². The van der Waals surface area contributed by atoms with Gasteiger partial charge in [-0.3, -0.25) is 0 Å². The van der Waals surface area contributed by atoms with E-state index in [1.807, 2.05) is 18.2 Å². The van der Waals surface area contributed by atoms with Gasteiger partial charge in [0.2, 0.25) is 0 Å². The van der Waals surface area contributed by atoms with Crippen LogP contribution in [0, 0.1) is 0 Å². The molecule has 0 aliphatic carbocycles. The van der Waals surface area contributed by atoms with Gasteiger partial charge in [0.25, 0.3) is 0 Å². The van der Waals surface area contributed by atoms with Gasteiger partial charge in [-0.1, -0.05) is 31.2 Å². The van der Waals surface area contributed by atoms with Crippen molar-refractivity contribution in [3.63, 3.8) is 0 Å². The van der Waals surface area contributed by atoms with E-state index >= 15 is 0 Å². The first kappa shape index (κ1) is 13.6. The van der Waals surface area contributed by atoms with E-state index in [4.69, 9.17) is 9.15 Å². The zero-order valence-electron chi connectivity index (χ0n) is 12.3. The summed E-state index contributed by atoms with van der Waals surface area (Å²) in [4.78, 5) is 0. The van der Waals surface area contributed by atoms with Crippen LogP contribution in [0.25, 0.3) is 11.0 Å². The SMILES string of the molecule is CCc1cccc(NCc2cc3cccc(OC)c3o2)c1. The van der Waals surface area contributed by atoms with Crippen LogP contribution in [0.4, 0.5) is 5.69 Å². The summed E-state index contributed by atoms with van der Waals surface area (Å²) in [6.45, 7) is 2.82. The van der Waals surface area contributed by atoms with Crippen molar-refractivity contribution in [2.75, 3.05) is 12.4 Å². The van der Waals surface area contributed by atoms with Crippen LogP contribution in [0.15, 0.2) is 52.9 Å². The molecule has 108 valence electrons. The maximum Gasteiger partial charge on any atom is 0.176 e. The van der Waals surface area contributed by atoms with Gasteiger partial charge >= 0.3 is 0 Å². The van der Waals surface area contributed by atoms with Gasteiger partial charge in [-0.25, -0.2) is 0 Å². The van der Waals surface area contributed by atoms with Gasteiger partial charge in [0.1, 0.15) is 5.76 Å². The Morgan fingerprint density at radius 3 is 2.76 bits per heavy atom. The molecule has 3 aromatic rings. The molecule has 3 heteroatoms. The van der Waals surface area contributed by atoms with Crippen LogP contribution >= 0.6 is 0 Å². The van der Waals surface area contributed by atoms with Crippen molar-refractivity contribution in [2.24, 2.45) is 0 Å². The molecule has 1 heterocycles. The lowest BCUT2D eigenvalue weighted by Gasteiger charge is -2.06. The summed E-state index contributed by atoms with van der Waals surface area (Å²) in [6.07, 6.45) is 1.04. The Labute approximate surface area is 124 Å². The van der Waals surface area contributed by atoms with E-state index in [1.165, 1.54) is 5.56 Å². The van der Waals surface area contributed by atoms with Gasteiger partial charge < -0.3 is 14.5 Å². The zero-order valence-corrected chi connectivity index (χ0v) is 12.3. The van der Waals surface area contributed by atoms with E-state index in [2.05, 4.69) is 42.6 Å². The van der Waals surface area contributed by atoms with E-state index in [0.717, 1.165) is 34.6 Å². The molecular formula is C18H19NO2. The second kappa shape index (κ2) is 5.92. The quantitative estimate of drug-likeness (QED) is 0.741. The number of hydrogen-bond donors (Lipinski definition) is 1. The van der Waals surface area contributed by atoms with Crippen molar-refractivity contribution >= 4 is 16.7 Å². The van der Waals surface area contributed by atoms with Crippen LogP contribution in [0.3, 0.4) is 0 Å². The molecule has 21 heavy (non-hydrogen) atoms. The number of fused-ring (bicyclic) bond motifs is 1. The number of methoxy groups -OCH3 is 1. The molecule has 3 rings (SSSR count). The second-order valence-electron chi connectivity index (χ2n) is 5.00. The lowest BCUT2D eigenvalue weighted by Crippen LogP contribution is -1.98. The summed E-state index contributed by atoms with van der Waals surface area (Å²) in [6, 6.07) is 16.4. The van der Waals surface area contributed by atoms with Gasteiger partial charge in [0.05, 0.1) is 13.7 Å². The van der Waals surface area contributed by atoms with E-state index in [0.29, 0.717) is 6.54 Å². The number of anilines is 1. The van der Waals surface area contributed by atoms with E-state index in [1.54, 1.807) is 7.11 Å². The molecule has 0 atom stereocenters. The van der Waals surface area contributed by atoms with E-state index in [9.17, 15) is 0 Å². The first-order chi connectivity index (χ1) is 10.3. The number of ether oxygens (including phenoxy) is 1. The summed E-state index contributed by atoms with van der Waals surface area (Å²) in [5, 5.41) is 4.46. The van der Waals surface area contributed by atoms with Crippen LogP contribution in [0.1, 0.15) is 18.2 Å². The Bertz CT molecular complexity index is 746. The van der Waals surface area contributed by atoms with Crippen LogP contribution in [-0.4, -0.2) is 7.11 Å². The van der Waals surface area contributed by atoms with Gasteiger partial charge in [0, 0.05) is 11.1 Å². The number of hydrogen-bond acceptors (Lipinski definition) is 3. The molecular weight excluding hydrogens is 262 g/mol. The molecule has 0 bridgehead atoms. The minimum Gasteiger partial charge on any atom is -0.493 e. The fraction of sp³-hybridized carbons (Fsp3) is 0.222. The van der Waals surface area contributed by atoms with Crippen molar-refractivity contribution in [1.29, 1.82) is 0 Å². The highest BCUT2D eigenvalue weighted by Gasteiger charge is 2.08. The fourth-order valence-electron chi connectivity index (χ4n) is 2.43. The molecule has 3 nitrogen and oxygen atoms in total. The van der Waals surface area contributed by atoms with Crippen LogP contribution < -0.4 is 10.1 Å². The average Bonchev–Trinajstić information content (AvgIpc) is 2.96. The van der Waals surface area contributed by atoms with Gasteiger partial charge in [-0.15, -0.1) is 0 Å². The van der Waals surface area contributed by atoms with Crippen molar-refractivity contribution in [3.8, 4) is 5.75 Å². The standard InChI is InChI=1S/C18H19NO2/c1-3-13-6-4-8-15(10-13)19-12-16-11-14-7-5-9-17(20-2)18(14)21-16/h4-11,19H,3,12H2,1-2H3. The molecule has 1 aromatic heterocycles. The fourth-order valence-corrected chi connectivity index (χ4v) is 2.43. The topological polar surface area (TPSA) is 34.4 Å². The summed E-state index contributed by atoms with van der Waals surface area (Å²) in [7, 11) is 1.66. The predicted octanol–water partition coefficient (Wildman–Crippen LogP) is 4.62. The number of rotatable bonds is 5. The molecule has 2 aromatic carbocycles. The average molecular weight is 281 g/mol. The van der Waals surface area contributed by atoms with Crippen molar-refractivity contribution in [2.45, 2.75) is 19.9 Å². The van der Waals surface area contributed by atoms with Crippen molar-refractivity contribution in [3.05, 3.63) is 59.9 Å². The molecule has 0 fully saturated rings. The Kier molecular flexibility index (Phi) is 3.82. The lowest BCUT2D eigenvalue weighted by atomic mass is 10.1. The Morgan fingerprint density at radius 2 is 1.95 bits per heavy atom. The van der Waals surface area contributed by atoms with Crippen LogP contribution in [0.2, 0.25) is 0 Å². The van der Waals surface area contributed by atoms with Crippen molar-refractivity contribution < 1.29 is 9.15 Å². The number of para-hydroxylation sites is 1. The third-order valence-electron chi connectivity index (χ3n) is 3.58. The minimum atomic E-state index is 0.658. The monoisotopic (exact) mass is 281 g/mol. The highest BCUT2D eigenvalue weighted by Crippen LogP contribution is 2.28. The second-order valence-corrected chi connectivity index (χ2v) is 5.00. The molecule has 0 unspecified atom stereocenters. The summed E-state index contributed by atoms with van der Waals surface area (Å²) in [5.74, 6) is 1.67. The first-order valence-corrected chi connectivity index (χ1v) is 7.18.